The second-order valence-corrected chi connectivity index (χ2v) is 3.31. The number of alkyl halides is 2. The zero-order valence-corrected chi connectivity index (χ0v) is 8.59. The number of aromatic carboxylic acids is 1. The molecular formula is C8H4BrF3O3. The fourth-order valence-electron chi connectivity index (χ4n) is 0.885. The van der Waals surface area contributed by atoms with Crippen LogP contribution in [0.25, 0.3) is 0 Å². The van der Waals surface area contributed by atoms with Crippen LogP contribution in [0.3, 0.4) is 0 Å². The van der Waals surface area contributed by atoms with Crippen molar-refractivity contribution in [2.24, 2.45) is 0 Å². The van der Waals surface area contributed by atoms with E-state index in [-0.39, 0.29) is 10.0 Å². The molecule has 0 spiro atoms. The van der Waals surface area contributed by atoms with Crippen LogP contribution in [0.2, 0.25) is 0 Å². The van der Waals surface area contributed by atoms with Crippen molar-refractivity contribution in [3.63, 3.8) is 0 Å². The number of hydrogen-bond acceptors (Lipinski definition) is 2. The van der Waals surface area contributed by atoms with E-state index in [2.05, 4.69) is 20.7 Å². The first kappa shape index (κ1) is 11.8. The van der Waals surface area contributed by atoms with Gasteiger partial charge in [0.1, 0.15) is 0 Å². The van der Waals surface area contributed by atoms with Gasteiger partial charge in [0.2, 0.25) is 0 Å². The largest absolute Gasteiger partial charge is 0.478 e. The molecule has 0 saturated carbocycles. The second-order valence-electron chi connectivity index (χ2n) is 2.45. The SMILES string of the molecule is O=C(O)c1cc(F)c(OC(F)F)c(Br)c1. The maximum atomic E-state index is 13.1. The lowest BCUT2D eigenvalue weighted by Gasteiger charge is -2.08. The molecule has 0 aliphatic heterocycles. The number of rotatable bonds is 3. The first-order valence-corrected chi connectivity index (χ1v) is 4.38. The third-order valence-corrected chi connectivity index (χ3v) is 2.04. The van der Waals surface area contributed by atoms with Gasteiger partial charge in [0.15, 0.2) is 11.6 Å². The first-order valence-electron chi connectivity index (χ1n) is 3.59. The Balaban J connectivity index is 3.15. The Morgan fingerprint density at radius 1 is 1.47 bits per heavy atom. The van der Waals surface area contributed by atoms with Crippen LogP contribution in [0.1, 0.15) is 10.4 Å². The van der Waals surface area contributed by atoms with Gasteiger partial charge in [0.25, 0.3) is 0 Å². The molecule has 0 radical (unpaired) electrons. The lowest BCUT2D eigenvalue weighted by molar-refractivity contribution is -0.0527. The number of ether oxygens (including phenoxy) is 1. The molecule has 0 aromatic heterocycles. The molecule has 0 aliphatic rings. The summed E-state index contributed by atoms with van der Waals surface area (Å²) >= 11 is 2.73. The van der Waals surface area contributed by atoms with Crippen LogP contribution in [0.15, 0.2) is 16.6 Å². The van der Waals surface area contributed by atoms with E-state index in [0.717, 1.165) is 6.07 Å². The Morgan fingerprint density at radius 2 is 2.07 bits per heavy atom. The Morgan fingerprint density at radius 3 is 2.47 bits per heavy atom. The van der Waals surface area contributed by atoms with Crippen molar-refractivity contribution in [1.29, 1.82) is 0 Å². The molecule has 0 fully saturated rings. The Hall–Kier alpha value is -1.24. The minimum Gasteiger partial charge on any atom is -0.478 e. The van der Waals surface area contributed by atoms with Crippen LogP contribution >= 0.6 is 15.9 Å². The summed E-state index contributed by atoms with van der Waals surface area (Å²) in [4.78, 5) is 10.5. The molecule has 7 heteroatoms. The molecule has 82 valence electrons. The van der Waals surface area contributed by atoms with Gasteiger partial charge in [-0.25, -0.2) is 9.18 Å². The van der Waals surface area contributed by atoms with Gasteiger partial charge >= 0.3 is 12.6 Å². The standard InChI is InChI=1S/C8H4BrF3O3/c9-4-1-3(7(13)14)2-5(10)6(4)15-8(11)12/h1-2,8H,(H,13,14). The van der Waals surface area contributed by atoms with E-state index in [0.29, 0.717) is 6.07 Å². The minimum atomic E-state index is -3.17. The monoisotopic (exact) mass is 284 g/mol. The van der Waals surface area contributed by atoms with E-state index in [9.17, 15) is 18.0 Å². The molecule has 0 aliphatic carbocycles. The fraction of sp³-hybridized carbons (Fsp3) is 0.125. The molecule has 1 rings (SSSR count). The predicted octanol–water partition coefficient (Wildman–Crippen LogP) is 2.89. The average molecular weight is 285 g/mol. The third-order valence-electron chi connectivity index (χ3n) is 1.45. The van der Waals surface area contributed by atoms with Crippen LogP contribution in [0.4, 0.5) is 13.2 Å². The highest BCUT2D eigenvalue weighted by Crippen LogP contribution is 2.30. The molecule has 0 atom stereocenters. The summed E-state index contributed by atoms with van der Waals surface area (Å²) in [7, 11) is 0. The number of hydrogen-bond donors (Lipinski definition) is 1. The van der Waals surface area contributed by atoms with Crippen molar-refractivity contribution in [3.05, 3.63) is 28.0 Å². The summed E-state index contributed by atoms with van der Waals surface area (Å²) in [6, 6.07) is 1.58. The molecule has 0 amide bonds. The van der Waals surface area contributed by atoms with Crippen molar-refractivity contribution >= 4 is 21.9 Å². The summed E-state index contributed by atoms with van der Waals surface area (Å²) in [6.07, 6.45) is 0. The zero-order chi connectivity index (χ0) is 11.6. The number of carbonyl (C=O) groups is 1. The summed E-state index contributed by atoms with van der Waals surface area (Å²) in [5, 5.41) is 8.53. The molecule has 1 aromatic carbocycles. The van der Waals surface area contributed by atoms with Crippen molar-refractivity contribution in [2.45, 2.75) is 6.61 Å². The molecule has 15 heavy (non-hydrogen) atoms. The van der Waals surface area contributed by atoms with E-state index >= 15 is 0 Å². The summed E-state index contributed by atoms with van der Waals surface area (Å²) < 4.78 is 40.4. The van der Waals surface area contributed by atoms with Crippen LogP contribution < -0.4 is 4.74 Å². The fourth-order valence-corrected chi connectivity index (χ4v) is 1.41. The number of benzene rings is 1. The van der Waals surface area contributed by atoms with Gasteiger partial charge in [-0.05, 0) is 28.1 Å². The third kappa shape index (κ3) is 2.85. The Labute approximate surface area is 90.6 Å². The molecule has 0 saturated heterocycles. The highest BCUT2D eigenvalue weighted by molar-refractivity contribution is 9.10. The van der Waals surface area contributed by atoms with E-state index in [1.54, 1.807) is 0 Å². The van der Waals surface area contributed by atoms with E-state index in [1.165, 1.54) is 0 Å². The number of halogens is 4. The molecular weight excluding hydrogens is 281 g/mol. The highest BCUT2D eigenvalue weighted by Gasteiger charge is 2.17. The minimum absolute atomic E-state index is 0.180. The maximum absolute atomic E-state index is 13.1. The molecule has 0 heterocycles. The van der Waals surface area contributed by atoms with Gasteiger partial charge in [-0.15, -0.1) is 0 Å². The first-order chi connectivity index (χ1) is 6.91. The second kappa shape index (κ2) is 4.52. The van der Waals surface area contributed by atoms with E-state index < -0.39 is 24.1 Å². The van der Waals surface area contributed by atoms with Gasteiger partial charge < -0.3 is 9.84 Å². The van der Waals surface area contributed by atoms with Gasteiger partial charge in [-0.2, -0.15) is 8.78 Å². The number of carboxylic acid groups (broad SMARTS) is 1. The van der Waals surface area contributed by atoms with Crippen LogP contribution in [-0.4, -0.2) is 17.7 Å². The lowest BCUT2D eigenvalue weighted by atomic mass is 10.2. The zero-order valence-electron chi connectivity index (χ0n) is 7.01. The normalized spacial score (nSPS) is 10.5. The molecule has 1 aromatic rings. The van der Waals surface area contributed by atoms with Gasteiger partial charge in [0.05, 0.1) is 10.0 Å². The van der Waals surface area contributed by atoms with Crippen LogP contribution in [0, 0.1) is 5.82 Å². The predicted molar refractivity (Wildman–Crippen MR) is 47.7 cm³/mol. The van der Waals surface area contributed by atoms with Crippen molar-refractivity contribution in [3.8, 4) is 5.75 Å². The quantitative estimate of drug-likeness (QED) is 0.928. The molecule has 1 N–H and O–H groups in total. The van der Waals surface area contributed by atoms with Gasteiger partial charge in [-0.1, -0.05) is 0 Å². The summed E-state index contributed by atoms with van der Waals surface area (Å²) in [5.41, 5.74) is -0.360. The maximum Gasteiger partial charge on any atom is 0.387 e. The Bertz CT molecular complexity index is 372. The highest BCUT2D eigenvalue weighted by atomic mass is 79.9. The van der Waals surface area contributed by atoms with Crippen molar-refractivity contribution < 1.29 is 27.8 Å². The average Bonchev–Trinajstić information content (AvgIpc) is 2.10. The Kier molecular flexibility index (Phi) is 3.57. The van der Waals surface area contributed by atoms with Crippen molar-refractivity contribution in [1.82, 2.24) is 0 Å². The van der Waals surface area contributed by atoms with Crippen LogP contribution in [-0.2, 0) is 0 Å². The van der Waals surface area contributed by atoms with Crippen molar-refractivity contribution in [2.75, 3.05) is 0 Å². The van der Waals surface area contributed by atoms with Gasteiger partial charge in [0, 0.05) is 0 Å². The molecule has 3 nitrogen and oxygen atoms in total. The van der Waals surface area contributed by atoms with Gasteiger partial charge in [-0.3, -0.25) is 0 Å². The lowest BCUT2D eigenvalue weighted by Crippen LogP contribution is -2.06. The molecule has 0 unspecified atom stereocenters. The number of carboxylic acids is 1. The van der Waals surface area contributed by atoms with E-state index in [1.807, 2.05) is 0 Å². The molecule has 0 bridgehead atoms. The summed E-state index contributed by atoms with van der Waals surface area (Å²) in [6.45, 7) is -3.17. The van der Waals surface area contributed by atoms with E-state index in [4.69, 9.17) is 5.11 Å². The van der Waals surface area contributed by atoms with Crippen LogP contribution in [0.5, 0.6) is 5.75 Å². The topological polar surface area (TPSA) is 46.5 Å². The summed E-state index contributed by atoms with van der Waals surface area (Å²) in [5.74, 6) is -3.24. The smallest absolute Gasteiger partial charge is 0.387 e.